The number of rotatable bonds is 4. The second-order valence-electron chi connectivity index (χ2n) is 9.97. The van der Waals surface area contributed by atoms with E-state index in [0.717, 1.165) is 10.4 Å². The molecule has 0 saturated carbocycles. The number of alkyl halides is 3. The lowest BCUT2D eigenvalue weighted by molar-refractivity contribution is -0.278. The van der Waals surface area contributed by atoms with E-state index in [-0.39, 0.29) is 19.6 Å². The quantitative estimate of drug-likeness (QED) is 0.553. The van der Waals surface area contributed by atoms with Gasteiger partial charge in [0.15, 0.2) is 12.6 Å². The van der Waals surface area contributed by atoms with Gasteiger partial charge in [0.05, 0.1) is 36.1 Å². The molecule has 208 valence electrons. The van der Waals surface area contributed by atoms with Crippen LogP contribution in [0.15, 0.2) is 71.6 Å². The summed E-state index contributed by atoms with van der Waals surface area (Å²) in [6.07, 6.45) is -8.64. The molecule has 0 aromatic heterocycles. The zero-order valence-corrected chi connectivity index (χ0v) is 21.4. The Labute approximate surface area is 223 Å². The number of hydrogen-bond acceptors (Lipinski definition) is 7. The van der Waals surface area contributed by atoms with Gasteiger partial charge < -0.3 is 18.9 Å². The smallest absolute Gasteiger partial charge is 0.347 e. The zero-order chi connectivity index (χ0) is 27.4. The summed E-state index contributed by atoms with van der Waals surface area (Å²) in [5.74, 6) is -3.09. The number of ketones is 1. The second kappa shape index (κ2) is 10.1. The summed E-state index contributed by atoms with van der Waals surface area (Å²) in [5.41, 5.74) is 1.43. The first-order valence-corrected chi connectivity index (χ1v) is 14.0. The highest BCUT2D eigenvalue weighted by Gasteiger charge is 2.62. The average molecular weight is 566 g/mol. The summed E-state index contributed by atoms with van der Waals surface area (Å²) < 4.78 is 95.2. The zero-order valence-electron chi connectivity index (χ0n) is 20.6. The van der Waals surface area contributed by atoms with Crippen molar-refractivity contribution in [1.29, 1.82) is 0 Å². The van der Waals surface area contributed by atoms with E-state index in [4.69, 9.17) is 18.9 Å². The monoisotopic (exact) mass is 565 g/mol. The van der Waals surface area contributed by atoms with Crippen molar-refractivity contribution in [3.05, 3.63) is 82.8 Å². The van der Waals surface area contributed by atoms with E-state index in [9.17, 15) is 26.4 Å². The fourth-order valence-corrected chi connectivity index (χ4v) is 7.95. The normalized spacial score (nSPS) is 33.8. The number of ether oxygens (including phenoxy) is 4. The number of nitrogens with zero attached hydrogens (tertiary/aromatic N) is 1. The standard InChI is InChI=1S/C27H26F3NO7S/c28-27(29,30)19-13-18(32)11-12-22(19)39(33,34)31-20-14-35-25(16-7-3-1-4-8-16)37-23(20)24-21(31)15-36-26(38-24)17-9-5-2-6-10-17/h1-10,12,19-21,23-26H,11,13-15H2/t19-,20-,21-,23+,24+,25?,26?/m0/s1. The number of Topliss-reactive ketones (excluding diaryl/α,β-unsaturated/α-hetero) is 1. The Morgan fingerprint density at radius 1 is 0.795 bits per heavy atom. The Hall–Kier alpha value is -2.61. The molecule has 0 N–H and O–H groups in total. The lowest BCUT2D eigenvalue weighted by Crippen LogP contribution is -2.52. The van der Waals surface area contributed by atoms with Crippen molar-refractivity contribution in [3.63, 3.8) is 0 Å². The molecule has 12 heteroatoms. The Morgan fingerprint density at radius 3 is 1.74 bits per heavy atom. The van der Waals surface area contributed by atoms with Crippen LogP contribution in [0.5, 0.6) is 0 Å². The van der Waals surface area contributed by atoms with Crippen LogP contribution in [0, 0.1) is 5.92 Å². The number of allylic oxidation sites excluding steroid dienone is 2. The molecule has 0 spiro atoms. The van der Waals surface area contributed by atoms with E-state index in [1.807, 2.05) is 36.4 Å². The minimum atomic E-state index is -4.91. The number of carbonyl (C=O) groups is 1. The number of benzene rings is 2. The molecule has 3 saturated heterocycles. The van der Waals surface area contributed by atoms with Crippen LogP contribution in [0.25, 0.3) is 0 Å². The van der Waals surface area contributed by atoms with Gasteiger partial charge in [0, 0.05) is 24.0 Å². The van der Waals surface area contributed by atoms with Crippen molar-refractivity contribution >= 4 is 15.8 Å². The molecule has 3 aliphatic heterocycles. The van der Waals surface area contributed by atoms with Crippen molar-refractivity contribution in [2.45, 2.75) is 55.9 Å². The fraction of sp³-hybridized carbons (Fsp3) is 0.444. The molecule has 2 unspecified atom stereocenters. The first-order chi connectivity index (χ1) is 18.6. The van der Waals surface area contributed by atoms with Gasteiger partial charge in [0.25, 0.3) is 0 Å². The predicted octanol–water partition coefficient (Wildman–Crippen LogP) is 4.02. The summed E-state index contributed by atoms with van der Waals surface area (Å²) in [6, 6.07) is 16.2. The highest BCUT2D eigenvalue weighted by Crippen LogP contribution is 2.48. The summed E-state index contributed by atoms with van der Waals surface area (Å²) in [6.45, 7) is -0.253. The molecule has 2 aromatic rings. The second-order valence-corrected chi connectivity index (χ2v) is 11.8. The summed E-state index contributed by atoms with van der Waals surface area (Å²) in [5, 5.41) is 0. The van der Waals surface area contributed by atoms with Crippen LogP contribution in [-0.4, -0.2) is 62.2 Å². The Balaban J connectivity index is 1.37. The Bertz CT molecular complexity index is 1290. The highest BCUT2D eigenvalue weighted by molar-refractivity contribution is 7.93. The van der Waals surface area contributed by atoms with Gasteiger partial charge in [-0.1, -0.05) is 66.7 Å². The van der Waals surface area contributed by atoms with Gasteiger partial charge in [-0.2, -0.15) is 17.5 Å². The lowest BCUT2D eigenvalue weighted by atomic mass is 9.94. The van der Waals surface area contributed by atoms with Crippen LogP contribution in [0.2, 0.25) is 0 Å². The molecule has 3 heterocycles. The molecular weight excluding hydrogens is 539 g/mol. The molecule has 0 radical (unpaired) electrons. The topological polar surface area (TPSA) is 91.4 Å². The van der Waals surface area contributed by atoms with Gasteiger partial charge in [-0.3, -0.25) is 4.79 Å². The van der Waals surface area contributed by atoms with Crippen molar-refractivity contribution < 1.29 is 45.3 Å². The van der Waals surface area contributed by atoms with Crippen molar-refractivity contribution in [2.75, 3.05) is 13.2 Å². The summed E-state index contributed by atoms with van der Waals surface area (Å²) in [4.78, 5) is 11.0. The number of fused-ring (bicyclic) bond motifs is 3. The molecule has 4 aliphatic rings. The first-order valence-electron chi connectivity index (χ1n) is 12.6. The highest BCUT2D eigenvalue weighted by atomic mass is 32.2. The Morgan fingerprint density at radius 2 is 1.28 bits per heavy atom. The third-order valence-electron chi connectivity index (χ3n) is 7.55. The van der Waals surface area contributed by atoms with Gasteiger partial charge in [0.1, 0.15) is 18.0 Å². The van der Waals surface area contributed by atoms with Gasteiger partial charge >= 0.3 is 6.18 Å². The number of hydrogen-bond donors (Lipinski definition) is 0. The molecule has 8 nitrogen and oxygen atoms in total. The lowest BCUT2D eigenvalue weighted by Gasteiger charge is -2.37. The minimum absolute atomic E-state index is 0.126. The third-order valence-corrected chi connectivity index (χ3v) is 9.70. The largest absolute Gasteiger partial charge is 0.396 e. The summed E-state index contributed by atoms with van der Waals surface area (Å²) >= 11 is 0. The van der Waals surface area contributed by atoms with Crippen molar-refractivity contribution in [3.8, 4) is 0 Å². The van der Waals surface area contributed by atoms with E-state index in [1.54, 1.807) is 24.3 Å². The van der Waals surface area contributed by atoms with Crippen molar-refractivity contribution in [2.24, 2.45) is 5.92 Å². The molecule has 7 atom stereocenters. The maximum absolute atomic E-state index is 14.0. The molecule has 1 aliphatic carbocycles. The molecule has 39 heavy (non-hydrogen) atoms. The van der Waals surface area contributed by atoms with Crippen LogP contribution in [-0.2, 0) is 33.8 Å². The van der Waals surface area contributed by atoms with E-state index >= 15 is 0 Å². The maximum Gasteiger partial charge on any atom is 0.396 e. The summed E-state index contributed by atoms with van der Waals surface area (Å²) in [7, 11) is -4.72. The minimum Gasteiger partial charge on any atom is -0.347 e. The van der Waals surface area contributed by atoms with E-state index < -0.39 is 76.1 Å². The van der Waals surface area contributed by atoms with E-state index in [0.29, 0.717) is 11.1 Å². The molecule has 0 bridgehead atoms. The van der Waals surface area contributed by atoms with Crippen LogP contribution >= 0.6 is 0 Å². The number of carbonyl (C=O) groups excluding carboxylic acids is 1. The molecule has 0 amide bonds. The van der Waals surface area contributed by atoms with Crippen LogP contribution in [0.4, 0.5) is 13.2 Å². The van der Waals surface area contributed by atoms with Gasteiger partial charge in [-0.25, -0.2) is 8.42 Å². The molecule has 2 aromatic carbocycles. The third kappa shape index (κ3) is 4.83. The van der Waals surface area contributed by atoms with Gasteiger partial charge in [0.2, 0.25) is 10.0 Å². The fourth-order valence-electron chi connectivity index (χ4n) is 5.76. The molecule has 6 rings (SSSR count). The van der Waals surface area contributed by atoms with Crippen LogP contribution < -0.4 is 0 Å². The van der Waals surface area contributed by atoms with E-state index in [1.165, 1.54) is 0 Å². The maximum atomic E-state index is 14.0. The van der Waals surface area contributed by atoms with Crippen molar-refractivity contribution in [1.82, 2.24) is 4.31 Å². The van der Waals surface area contributed by atoms with Crippen LogP contribution in [0.3, 0.4) is 0 Å². The van der Waals surface area contributed by atoms with Crippen LogP contribution in [0.1, 0.15) is 36.5 Å². The number of halogens is 3. The van der Waals surface area contributed by atoms with Gasteiger partial charge in [-0.15, -0.1) is 0 Å². The Kier molecular flexibility index (Phi) is 6.89. The average Bonchev–Trinajstić information content (AvgIpc) is 3.27. The molecular formula is C27H26F3NO7S. The van der Waals surface area contributed by atoms with E-state index in [2.05, 4.69) is 0 Å². The molecule has 3 fully saturated rings. The number of sulfonamides is 1. The SMILES string of the molecule is O=C1CC=C(S(=O)(=O)N2[C@H]3COC(c4ccccc4)O[C@H]3[C@@H]3OC(c4ccccc4)OC[C@@H]32)[C@@H](C(F)(F)F)C1. The van der Waals surface area contributed by atoms with Gasteiger partial charge in [-0.05, 0) is 0 Å². The predicted molar refractivity (Wildman–Crippen MR) is 130 cm³/mol. The first kappa shape index (κ1) is 26.6.